The van der Waals surface area contributed by atoms with Gasteiger partial charge in [0.1, 0.15) is 12.4 Å². The number of rotatable bonds is 8. The summed E-state index contributed by atoms with van der Waals surface area (Å²) in [6.45, 7) is 4.69. The number of pyridine rings is 2. The summed E-state index contributed by atoms with van der Waals surface area (Å²) in [4.78, 5) is 17.3. The lowest BCUT2D eigenvalue weighted by Gasteiger charge is -2.16. The molecule has 188 valence electrons. The van der Waals surface area contributed by atoms with Crippen LogP contribution in [0.1, 0.15) is 36.1 Å². The van der Waals surface area contributed by atoms with E-state index in [-0.39, 0.29) is 28.3 Å². The normalized spacial score (nSPS) is 13.2. The zero-order valence-corrected chi connectivity index (χ0v) is 19.2. The van der Waals surface area contributed by atoms with Crippen LogP contribution in [0.15, 0.2) is 52.6 Å². The van der Waals surface area contributed by atoms with Crippen molar-refractivity contribution in [2.75, 3.05) is 6.61 Å². The molecule has 4 rings (SSSR count). The molecule has 1 unspecified atom stereocenters. The first-order valence-corrected chi connectivity index (χ1v) is 10.6. The van der Waals surface area contributed by atoms with Crippen molar-refractivity contribution in [3.8, 4) is 5.75 Å². The fraction of sp³-hybridized carbons (Fsp3) is 0.261. The highest BCUT2D eigenvalue weighted by molar-refractivity contribution is 5.80. The van der Waals surface area contributed by atoms with E-state index in [1.807, 2.05) is 0 Å². The Morgan fingerprint density at radius 1 is 1.31 bits per heavy atom. The third kappa shape index (κ3) is 5.04. The van der Waals surface area contributed by atoms with Gasteiger partial charge in [-0.1, -0.05) is 17.8 Å². The molecule has 0 aliphatic heterocycles. The van der Waals surface area contributed by atoms with Crippen molar-refractivity contribution in [3.05, 3.63) is 76.7 Å². The van der Waals surface area contributed by atoms with Crippen LogP contribution in [0.2, 0.25) is 0 Å². The Kier molecular flexibility index (Phi) is 6.73. The molecule has 0 bridgehead atoms. The van der Waals surface area contributed by atoms with E-state index in [1.165, 1.54) is 39.7 Å². The topological polar surface area (TPSA) is 101 Å². The summed E-state index contributed by atoms with van der Waals surface area (Å²) in [5, 5.41) is 11.8. The SMILES string of the molecule is C=C/C(=C\n1c(CF)nnc1C(C)n1ccc2ncc(OCC(F)(F)F)cc2c1=O)c1cc(C)no1. The van der Waals surface area contributed by atoms with Gasteiger partial charge >= 0.3 is 6.18 Å². The van der Waals surface area contributed by atoms with Crippen LogP contribution in [-0.2, 0) is 6.67 Å². The Labute approximate surface area is 201 Å². The Hall–Kier alpha value is -4.29. The van der Waals surface area contributed by atoms with Gasteiger partial charge in [-0.15, -0.1) is 10.2 Å². The summed E-state index contributed by atoms with van der Waals surface area (Å²) in [6, 6.07) is 3.64. The third-order valence-electron chi connectivity index (χ3n) is 5.26. The fourth-order valence-electron chi connectivity index (χ4n) is 3.50. The van der Waals surface area contributed by atoms with E-state index in [9.17, 15) is 22.4 Å². The molecule has 0 N–H and O–H groups in total. The number of halogens is 4. The van der Waals surface area contributed by atoms with Crippen LogP contribution in [0.4, 0.5) is 17.6 Å². The van der Waals surface area contributed by atoms with Crippen LogP contribution in [0.25, 0.3) is 22.7 Å². The van der Waals surface area contributed by atoms with Gasteiger partial charge in [-0.2, -0.15) is 13.2 Å². The van der Waals surface area contributed by atoms with E-state index in [4.69, 9.17) is 9.26 Å². The lowest BCUT2D eigenvalue weighted by molar-refractivity contribution is -0.153. The van der Waals surface area contributed by atoms with Crippen LogP contribution in [0, 0.1) is 6.92 Å². The molecule has 0 aliphatic carbocycles. The van der Waals surface area contributed by atoms with Crippen LogP contribution in [0.3, 0.4) is 0 Å². The molecule has 13 heteroatoms. The number of hydrogen-bond acceptors (Lipinski definition) is 7. The molecule has 4 aromatic rings. The second kappa shape index (κ2) is 9.76. The first-order valence-electron chi connectivity index (χ1n) is 10.6. The third-order valence-corrected chi connectivity index (χ3v) is 5.26. The van der Waals surface area contributed by atoms with Crippen LogP contribution < -0.4 is 10.3 Å². The van der Waals surface area contributed by atoms with Crippen molar-refractivity contribution in [1.29, 1.82) is 0 Å². The number of allylic oxidation sites excluding steroid dienone is 2. The average Bonchev–Trinajstić information content (AvgIpc) is 3.46. The first kappa shape index (κ1) is 24.8. The maximum absolute atomic E-state index is 13.7. The van der Waals surface area contributed by atoms with Crippen molar-refractivity contribution in [2.24, 2.45) is 0 Å². The van der Waals surface area contributed by atoms with Crippen molar-refractivity contribution >= 4 is 22.7 Å². The highest BCUT2D eigenvalue weighted by atomic mass is 19.4. The quantitative estimate of drug-likeness (QED) is 0.257. The van der Waals surface area contributed by atoms with Crippen LogP contribution in [0.5, 0.6) is 5.75 Å². The van der Waals surface area contributed by atoms with Crippen LogP contribution in [-0.4, -0.2) is 42.3 Å². The predicted octanol–water partition coefficient (Wildman–Crippen LogP) is 4.49. The van der Waals surface area contributed by atoms with E-state index in [0.717, 1.165) is 6.20 Å². The molecule has 0 saturated heterocycles. The van der Waals surface area contributed by atoms with Crippen molar-refractivity contribution in [1.82, 2.24) is 29.5 Å². The van der Waals surface area contributed by atoms with E-state index >= 15 is 0 Å². The number of alkyl halides is 4. The summed E-state index contributed by atoms with van der Waals surface area (Å²) in [6.07, 6.45) is 1.04. The molecule has 0 aromatic carbocycles. The average molecular weight is 504 g/mol. The standard InChI is InChI=1S/C23H20F4N6O3/c1-4-15(19-7-13(2)31-36-19)11-33-20(9-24)29-30-21(33)14(3)32-6-5-18-17(22(32)34)8-16(10-28-18)35-12-23(25,26)27/h4-8,10-11,14H,1,9,12H2,2-3H3/b15-11+. The number of aromatic nitrogens is 6. The Bertz CT molecular complexity index is 1500. The highest BCUT2D eigenvalue weighted by Crippen LogP contribution is 2.24. The maximum atomic E-state index is 13.7. The number of ether oxygens (including phenoxy) is 1. The molecule has 4 heterocycles. The minimum absolute atomic E-state index is 0.0224. The molecular formula is C23H20F4N6O3. The Morgan fingerprint density at radius 3 is 2.72 bits per heavy atom. The number of fused-ring (bicyclic) bond motifs is 1. The summed E-state index contributed by atoms with van der Waals surface area (Å²) in [5.41, 5.74) is 0.819. The summed E-state index contributed by atoms with van der Waals surface area (Å²) < 4.78 is 63.9. The molecule has 0 spiro atoms. The highest BCUT2D eigenvalue weighted by Gasteiger charge is 2.28. The number of hydrogen-bond donors (Lipinski definition) is 0. The zero-order chi connectivity index (χ0) is 26.0. The smallest absolute Gasteiger partial charge is 0.422 e. The number of aryl methyl sites for hydroxylation is 1. The Morgan fingerprint density at radius 2 is 2.08 bits per heavy atom. The largest absolute Gasteiger partial charge is 0.482 e. The van der Waals surface area contributed by atoms with Gasteiger partial charge in [0.25, 0.3) is 5.56 Å². The van der Waals surface area contributed by atoms with Gasteiger partial charge in [0, 0.05) is 24.0 Å². The summed E-state index contributed by atoms with van der Waals surface area (Å²) in [5.74, 6) is 0.383. The van der Waals surface area contributed by atoms with Gasteiger partial charge in [-0.25, -0.2) is 4.39 Å². The minimum atomic E-state index is -4.54. The van der Waals surface area contributed by atoms with E-state index < -0.39 is 31.1 Å². The molecule has 4 aromatic heterocycles. The Balaban J connectivity index is 1.76. The maximum Gasteiger partial charge on any atom is 0.422 e. The van der Waals surface area contributed by atoms with Crippen molar-refractivity contribution < 1.29 is 26.8 Å². The second-order valence-electron chi connectivity index (χ2n) is 7.81. The minimum Gasteiger partial charge on any atom is -0.482 e. The van der Waals surface area contributed by atoms with Crippen molar-refractivity contribution in [2.45, 2.75) is 32.7 Å². The molecular weight excluding hydrogens is 484 g/mol. The van der Waals surface area contributed by atoms with Gasteiger partial charge < -0.3 is 13.8 Å². The van der Waals surface area contributed by atoms with E-state index in [2.05, 4.69) is 26.9 Å². The van der Waals surface area contributed by atoms with Crippen LogP contribution >= 0.6 is 0 Å². The molecule has 0 aliphatic rings. The van der Waals surface area contributed by atoms with E-state index in [1.54, 1.807) is 19.9 Å². The van der Waals surface area contributed by atoms with Gasteiger partial charge in [0.05, 0.1) is 28.8 Å². The molecule has 0 amide bonds. The monoisotopic (exact) mass is 504 g/mol. The fourth-order valence-corrected chi connectivity index (χ4v) is 3.50. The lowest BCUT2D eigenvalue weighted by atomic mass is 10.2. The molecule has 0 saturated carbocycles. The van der Waals surface area contributed by atoms with E-state index in [0.29, 0.717) is 17.0 Å². The summed E-state index contributed by atoms with van der Waals surface area (Å²) in [7, 11) is 0. The van der Waals surface area contributed by atoms with Crippen molar-refractivity contribution in [3.63, 3.8) is 0 Å². The predicted molar refractivity (Wildman–Crippen MR) is 122 cm³/mol. The molecule has 9 nitrogen and oxygen atoms in total. The number of nitrogens with zero attached hydrogens (tertiary/aromatic N) is 6. The molecule has 0 radical (unpaired) electrons. The first-order chi connectivity index (χ1) is 17.1. The molecule has 0 fully saturated rings. The zero-order valence-electron chi connectivity index (χ0n) is 19.2. The lowest BCUT2D eigenvalue weighted by Crippen LogP contribution is -2.25. The van der Waals surface area contributed by atoms with Gasteiger partial charge in [0.2, 0.25) is 0 Å². The van der Waals surface area contributed by atoms with Gasteiger partial charge in [0.15, 0.2) is 24.0 Å². The summed E-state index contributed by atoms with van der Waals surface area (Å²) >= 11 is 0. The molecule has 36 heavy (non-hydrogen) atoms. The van der Waals surface area contributed by atoms with Gasteiger partial charge in [-0.3, -0.25) is 14.3 Å². The van der Waals surface area contributed by atoms with Gasteiger partial charge in [-0.05, 0) is 26.0 Å². The molecule has 1 atom stereocenters. The second-order valence-corrected chi connectivity index (χ2v) is 7.81.